The molecule has 2 aromatic heterocycles. The Morgan fingerprint density at radius 2 is 1.86 bits per heavy atom. The second kappa shape index (κ2) is 6.95. The maximum Gasteiger partial charge on any atom is 0.278 e. The van der Waals surface area contributed by atoms with Crippen LogP contribution in [-0.4, -0.2) is 25.9 Å². The summed E-state index contributed by atoms with van der Waals surface area (Å²) >= 11 is 0. The van der Waals surface area contributed by atoms with Crippen molar-refractivity contribution < 1.29 is 4.74 Å². The van der Waals surface area contributed by atoms with Crippen molar-refractivity contribution in [3.05, 3.63) is 75.0 Å². The quantitative estimate of drug-likeness (QED) is 0.684. The Bertz CT molecular complexity index is 1170. The first kappa shape index (κ1) is 17.8. The fourth-order valence-electron chi connectivity index (χ4n) is 3.70. The van der Waals surface area contributed by atoms with Crippen molar-refractivity contribution in [2.24, 2.45) is 0 Å². The molecule has 1 aromatic carbocycles. The van der Waals surface area contributed by atoms with E-state index < -0.39 is 0 Å². The Hall–Kier alpha value is -3.28. The van der Waals surface area contributed by atoms with Crippen LogP contribution in [0.4, 0.5) is 0 Å². The zero-order valence-electron chi connectivity index (χ0n) is 16.6. The molecule has 0 radical (unpaired) electrons. The van der Waals surface area contributed by atoms with Gasteiger partial charge in [0.2, 0.25) is 0 Å². The molecular formula is C23H22N4O2. The summed E-state index contributed by atoms with van der Waals surface area (Å²) in [5, 5.41) is 4.32. The van der Waals surface area contributed by atoms with E-state index >= 15 is 0 Å². The summed E-state index contributed by atoms with van der Waals surface area (Å²) in [5.41, 5.74) is 5.97. The van der Waals surface area contributed by atoms with E-state index in [9.17, 15) is 4.79 Å². The van der Waals surface area contributed by atoms with Crippen molar-refractivity contribution in [2.45, 2.75) is 45.6 Å². The first-order valence-electron chi connectivity index (χ1n) is 9.97. The molecule has 1 saturated carbocycles. The fourth-order valence-corrected chi connectivity index (χ4v) is 3.70. The van der Waals surface area contributed by atoms with E-state index in [1.807, 2.05) is 19.1 Å². The molecule has 0 bridgehead atoms. The summed E-state index contributed by atoms with van der Waals surface area (Å²) in [5.74, 6) is 1.26. The van der Waals surface area contributed by atoms with E-state index in [-0.39, 0.29) is 5.56 Å². The lowest BCUT2D eigenvalue weighted by atomic mass is 9.88. The standard InChI is InChI=1S/C23H22N4O2/c1-14-11-24-23(25-12-14)27-22(28)20-9-6-16(10-17(20)13-26-27)19-4-3-5-21(15(19)2)29-18-7-8-18/h3-5,10-13,18H,6-9H2,1-2H3. The second-order valence-corrected chi connectivity index (χ2v) is 7.77. The number of aromatic nitrogens is 4. The second-order valence-electron chi connectivity index (χ2n) is 7.77. The average Bonchev–Trinajstić information content (AvgIpc) is 3.55. The number of benzene rings is 1. The van der Waals surface area contributed by atoms with Gasteiger partial charge in [0, 0.05) is 23.5 Å². The van der Waals surface area contributed by atoms with Crippen LogP contribution in [0.2, 0.25) is 0 Å². The third-order valence-corrected chi connectivity index (χ3v) is 5.49. The Balaban J connectivity index is 1.52. The minimum atomic E-state index is -0.149. The highest BCUT2D eigenvalue weighted by atomic mass is 16.5. The van der Waals surface area contributed by atoms with Crippen molar-refractivity contribution in [1.29, 1.82) is 0 Å². The van der Waals surface area contributed by atoms with Crippen molar-refractivity contribution >= 4 is 11.6 Å². The zero-order chi connectivity index (χ0) is 20.0. The molecule has 1 fully saturated rings. The van der Waals surface area contributed by atoms with Crippen molar-refractivity contribution in [3.8, 4) is 11.7 Å². The van der Waals surface area contributed by atoms with E-state index in [1.165, 1.54) is 15.8 Å². The van der Waals surface area contributed by atoms with Crippen LogP contribution in [0.15, 0.2) is 41.6 Å². The van der Waals surface area contributed by atoms with Gasteiger partial charge in [0.25, 0.3) is 11.5 Å². The van der Waals surface area contributed by atoms with Crippen LogP contribution in [0.25, 0.3) is 17.6 Å². The van der Waals surface area contributed by atoms with Gasteiger partial charge in [-0.3, -0.25) is 4.79 Å². The molecule has 2 aliphatic carbocycles. The lowest BCUT2D eigenvalue weighted by Crippen LogP contribution is -2.28. The molecule has 146 valence electrons. The van der Waals surface area contributed by atoms with Crippen LogP contribution in [-0.2, 0) is 6.42 Å². The third kappa shape index (κ3) is 3.35. The Labute approximate surface area is 168 Å². The van der Waals surface area contributed by atoms with Crippen LogP contribution in [0.1, 0.15) is 47.1 Å². The van der Waals surface area contributed by atoms with Crippen LogP contribution in [0, 0.1) is 13.8 Å². The van der Waals surface area contributed by atoms with Gasteiger partial charge in [-0.15, -0.1) is 0 Å². The molecule has 29 heavy (non-hydrogen) atoms. The van der Waals surface area contributed by atoms with Crippen molar-refractivity contribution in [2.75, 3.05) is 0 Å². The van der Waals surface area contributed by atoms with Crippen LogP contribution >= 0.6 is 0 Å². The predicted octanol–water partition coefficient (Wildman–Crippen LogP) is 3.67. The number of fused-ring (bicyclic) bond motifs is 1. The van der Waals surface area contributed by atoms with Gasteiger partial charge in [0.1, 0.15) is 5.75 Å². The van der Waals surface area contributed by atoms with E-state index in [0.29, 0.717) is 18.5 Å². The van der Waals surface area contributed by atoms with E-state index in [2.05, 4.69) is 34.1 Å². The Morgan fingerprint density at radius 1 is 1.07 bits per heavy atom. The number of hydrogen-bond acceptors (Lipinski definition) is 5. The largest absolute Gasteiger partial charge is 0.490 e. The smallest absolute Gasteiger partial charge is 0.278 e. The van der Waals surface area contributed by atoms with Crippen molar-refractivity contribution in [3.63, 3.8) is 0 Å². The minimum absolute atomic E-state index is 0.149. The first-order chi connectivity index (χ1) is 14.1. The average molecular weight is 386 g/mol. The van der Waals surface area contributed by atoms with Crippen LogP contribution in [0.5, 0.6) is 5.75 Å². The highest BCUT2D eigenvalue weighted by Gasteiger charge is 2.25. The molecule has 0 atom stereocenters. The number of nitrogens with zero attached hydrogens (tertiary/aromatic N) is 4. The molecule has 0 spiro atoms. The molecule has 0 unspecified atom stereocenters. The summed E-state index contributed by atoms with van der Waals surface area (Å²) in [7, 11) is 0. The number of ether oxygens (including phenoxy) is 1. The lowest BCUT2D eigenvalue weighted by Gasteiger charge is -2.19. The zero-order valence-corrected chi connectivity index (χ0v) is 16.6. The van der Waals surface area contributed by atoms with Gasteiger partial charge >= 0.3 is 0 Å². The van der Waals surface area contributed by atoms with Gasteiger partial charge in [-0.05, 0) is 73.9 Å². The fraction of sp³-hybridized carbons (Fsp3) is 0.304. The van der Waals surface area contributed by atoms with Gasteiger partial charge in [-0.1, -0.05) is 12.1 Å². The van der Waals surface area contributed by atoms with Gasteiger partial charge in [-0.25, -0.2) is 9.97 Å². The highest BCUT2D eigenvalue weighted by molar-refractivity contribution is 5.85. The van der Waals surface area contributed by atoms with Crippen LogP contribution in [0.3, 0.4) is 0 Å². The van der Waals surface area contributed by atoms with Gasteiger partial charge < -0.3 is 4.74 Å². The molecular weight excluding hydrogens is 364 g/mol. The summed E-state index contributed by atoms with van der Waals surface area (Å²) in [6, 6.07) is 6.21. The van der Waals surface area contributed by atoms with Crippen LogP contribution < -0.4 is 10.3 Å². The molecule has 2 heterocycles. The minimum Gasteiger partial charge on any atom is -0.490 e. The summed E-state index contributed by atoms with van der Waals surface area (Å²) < 4.78 is 7.33. The highest BCUT2D eigenvalue weighted by Crippen LogP contribution is 2.36. The summed E-state index contributed by atoms with van der Waals surface area (Å²) in [4.78, 5) is 21.4. The first-order valence-corrected chi connectivity index (χ1v) is 9.97. The Morgan fingerprint density at radius 3 is 2.62 bits per heavy atom. The molecule has 0 N–H and O–H groups in total. The maximum absolute atomic E-state index is 13.0. The molecule has 6 heteroatoms. The number of allylic oxidation sites excluding steroid dienone is 1. The molecule has 0 amide bonds. The summed E-state index contributed by atoms with van der Waals surface area (Å²) in [6.45, 7) is 4.01. The Kier molecular flexibility index (Phi) is 4.27. The predicted molar refractivity (Wildman–Crippen MR) is 111 cm³/mol. The molecule has 2 aliphatic rings. The van der Waals surface area contributed by atoms with Crippen molar-refractivity contribution in [1.82, 2.24) is 19.7 Å². The molecule has 6 nitrogen and oxygen atoms in total. The lowest BCUT2D eigenvalue weighted by molar-refractivity contribution is 0.301. The normalized spacial score (nSPS) is 15.6. The number of hydrogen-bond donors (Lipinski definition) is 0. The SMILES string of the molecule is Cc1cnc(-n2ncc3c(c2=O)CCC(c2cccc(OC4CC4)c2C)=C3)nc1. The van der Waals surface area contributed by atoms with E-state index in [0.717, 1.165) is 47.3 Å². The maximum atomic E-state index is 13.0. The summed E-state index contributed by atoms with van der Waals surface area (Å²) in [6.07, 6.45) is 11.3. The van der Waals surface area contributed by atoms with E-state index in [1.54, 1.807) is 18.6 Å². The molecule has 0 aliphatic heterocycles. The van der Waals surface area contributed by atoms with Gasteiger partial charge in [0.15, 0.2) is 0 Å². The molecule has 3 aromatic rings. The van der Waals surface area contributed by atoms with Gasteiger partial charge in [0.05, 0.1) is 12.3 Å². The number of rotatable bonds is 4. The monoisotopic (exact) mass is 386 g/mol. The third-order valence-electron chi connectivity index (χ3n) is 5.49. The van der Waals surface area contributed by atoms with E-state index in [4.69, 9.17) is 4.74 Å². The van der Waals surface area contributed by atoms with Gasteiger partial charge in [-0.2, -0.15) is 9.78 Å². The molecule has 5 rings (SSSR count). The number of aryl methyl sites for hydroxylation is 1. The molecule has 0 saturated heterocycles. The topological polar surface area (TPSA) is 69.9 Å².